The van der Waals surface area contributed by atoms with Gasteiger partial charge >= 0.3 is 0 Å². The molecule has 3 atom stereocenters. The molecule has 1 saturated carbocycles. The Bertz CT molecular complexity index is 831. The number of hydrogen-bond acceptors (Lipinski definition) is 7. The number of fused-ring (bicyclic) bond motifs is 2. The predicted octanol–water partition coefficient (Wildman–Crippen LogP) is 1.06. The highest BCUT2D eigenvalue weighted by Crippen LogP contribution is 2.85. The highest BCUT2D eigenvalue weighted by molar-refractivity contribution is 6.02. The summed E-state index contributed by atoms with van der Waals surface area (Å²) in [5.41, 5.74) is 3.43. The minimum atomic E-state index is -1.52. The van der Waals surface area contributed by atoms with Crippen LogP contribution in [0.3, 0.4) is 0 Å². The monoisotopic (exact) mass is 324 g/mol. The molecule has 0 aromatic heterocycles. The molecule has 1 saturated heterocycles. The summed E-state index contributed by atoms with van der Waals surface area (Å²) in [4.78, 5) is 4.27. The highest BCUT2D eigenvalue weighted by Gasteiger charge is 3.00. The number of amidine groups is 1. The van der Waals surface area contributed by atoms with E-state index in [2.05, 4.69) is 17.1 Å². The summed E-state index contributed by atoms with van der Waals surface area (Å²) in [7, 11) is 1.58. The topological polar surface area (TPSA) is 114 Å². The van der Waals surface area contributed by atoms with Crippen molar-refractivity contribution in [3.05, 3.63) is 29.8 Å². The summed E-state index contributed by atoms with van der Waals surface area (Å²) in [6, 6.07) is 11.8. The van der Waals surface area contributed by atoms with Gasteiger partial charge in [0.25, 0.3) is 5.91 Å². The van der Waals surface area contributed by atoms with Crippen molar-refractivity contribution in [2.75, 3.05) is 20.3 Å². The third-order valence-electron chi connectivity index (χ3n) is 5.81. The molecular weight excluding hydrogens is 308 g/mol. The van der Waals surface area contributed by atoms with Gasteiger partial charge in [0, 0.05) is 5.41 Å². The van der Waals surface area contributed by atoms with Gasteiger partial charge in [-0.15, -0.1) is 0 Å². The fourth-order valence-corrected chi connectivity index (χ4v) is 4.61. The van der Waals surface area contributed by atoms with Crippen molar-refractivity contribution in [3.8, 4) is 17.9 Å². The van der Waals surface area contributed by atoms with Gasteiger partial charge in [0.2, 0.25) is 0 Å². The van der Waals surface area contributed by atoms with Crippen LogP contribution in [0.2, 0.25) is 0 Å². The molecule has 2 aliphatic heterocycles. The maximum atomic E-state index is 10.1. The second-order valence-electron chi connectivity index (χ2n) is 6.35. The van der Waals surface area contributed by atoms with Crippen LogP contribution in [-0.2, 0) is 14.9 Å². The van der Waals surface area contributed by atoms with Crippen LogP contribution in [0, 0.1) is 33.5 Å². The van der Waals surface area contributed by atoms with E-state index in [1.807, 2.05) is 19.1 Å². The first-order chi connectivity index (χ1) is 11.5. The molecule has 7 heteroatoms. The molecule has 24 heavy (non-hydrogen) atoms. The van der Waals surface area contributed by atoms with Gasteiger partial charge in [-0.05, 0) is 17.7 Å². The largest absolute Gasteiger partial charge is 0.497 e. The highest BCUT2D eigenvalue weighted by atomic mass is 16.8. The van der Waals surface area contributed by atoms with Crippen molar-refractivity contribution in [3.63, 3.8) is 0 Å². The average molecular weight is 324 g/mol. The normalized spacial score (nSPS) is 38.1. The first-order valence-electron chi connectivity index (χ1n) is 7.60. The van der Waals surface area contributed by atoms with Crippen LogP contribution in [0.15, 0.2) is 29.3 Å². The van der Waals surface area contributed by atoms with E-state index in [-0.39, 0.29) is 5.84 Å². The van der Waals surface area contributed by atoms with Gasteiger partial charge in [-0.25, -0.2) is 4.99 Å². The van der Waals surface area contributed by atoms with Gasteiger partial charge < -0.3 is 19.9 Å². The standard InChI is InChI=1S/C17H16N4O3/c1-14(11-3-5-12(22-2)6-4-11)15(9-18)13(20)21-17(16(14,15)10-19)23-7-8-24-17/h3-6H,7-8H2,1-2H3,(H2,20,21)/t14-,15-,16+/m0/s1. The number of nitrogens with zero attached hydrogens (tertiary/aromatic N) is 3. The lowest BCUT2D eigenvalue weighted by atomic mass is 9.84. The second-order valence-corrected chi connectivity index (χ2v) is 6.35. The van der Waals surface area contributed by atoms with E-state index in [9.17, 15) is 10.5 Å². The molecule has 0 unspecified atom stereocenters. The molecule has 2 fully saturated rings. The zero-order chi connectivity index (χ0) is 17.2. The van der Waals surface area contributed by atoms with Crippen LogP contribution in [0.1, 0.15) is 12.5 Å². The van der Waals surface area contributed by atoms with E-state index in [1.165, 1.54) is 0 Å². The summed E-state index contributed by atoms with van der Waals surface area (Å²) in [6.45, 7) is 2.45. The van der Waals surface area contributed by atoms with Gasteiger partial charge in [0.1, 0.15) is 11.6 Å². The van der Waals surface area contributed by atoms with Crippen LogP contribution in [0.5, 0.6) is 5.75 Å². The van der Waals surface area contributed by atoms with Gasteiger partial charge in [-0.1, -0.05) is 19.1 Å². The van der Waals surface area contributed by atoms with E-state index in [0.29, 0.717) is 19.0 Å². The number of benzene rings is 1. The maximum absolute atomic E-state index is 10.1. The van der Waals surface area contributed by atoms with Crippen molar-refractivity contribution in [1.82, 2.24) is 0 Å². The Morgan fingerprint density at radius 2 is 1.79 bits per heavy atom. The van der Waals surface area contributed by atoms with E-state index in [0.717, 1.165) is 5.56 Å². The molecule has 1 aromatic carbocycles. The molecule has 3 aliphatic rings. The third kappa shape index (κ3) is 1.15. The fourth-order valence-electron chi connectivity index (χ4n) is 4.61. The van der Waals surface area contributed by atoms with E-state index in [4.69, 9.17) is 19.9 Å². The van der Waals surface area contributed by atoms with Crippen LogP contribution in [0.4, 0.5) is 0 Å². The predicted molar refractivity (Wildman–Crippen MR) is 82.7 cm³/mol. The van der Waals surface area contributed by atoms with E-state index >= 15 is 0 Å². The maximum Gasteiger partial charge on any atom is 0.293 e. The van der Waals surface area contributed by atoms with Gasteiger partial charge in [0.05, 0.1) is 32.5 Å². The summed E-state index contributed by atoms with van der Waals surface area (Å²) < 4.78 is 16.6. The van der Waals surface area contributed by atoms with Gasteiger partial charge in [-0.3, -0.25) is 0 Å². The Balaban J connectivity index is 1.95. The molecule has 0 amide bonds. The number of rotatable bonds is 2. The number of nitriles is 2. The van der Waals surface area contributed by atoms with Gasteiger partial charge in [-0.2, -0.15) is 10.5 Å². The molecule has 7 nitrogen and oxygen atoms in total. The molecule has 1 spiro atoms. The molecule has 1 aliphatic carbocycles. The van der Waals surface area contributed by atoms with E-state index in [1.54, 1.807) is 19.2 Å². The quantitative estimate of drug-likeness (QED) is 0.870. The summed E-state index contributed by atoms with van der Waals surface area (Å²) in [5, 5.41) is 20.1. The molecule has 122 valence electrons. The van der Waals surface area contributed by atoms with Crippen molar-refractivity contribution >= 4 is 5.84 Å². The van der Waals surface area contributed by atoms with Crippen LogP contribution < -0.4 is 10.5 Å². The Labute approximate surface area is 139 Å². The minimum absolute atomic E-state index is 0.0896. The van der Waals surface area contributed by atoms with Crippen LogP contribution in [0.25, 0.3) is 0 Å². The zero-order valence-electron chi connectivity index (χ0n) is 13.4. The SMILES string of the molecule is COc1ccc([C@@]2(C)[C@]3(C#N)C(N)=NC4(OCCO4)[C@@]32C#N)cc1. The van der Waals surface area contributed by atoms with Crippen LogP contribution in [-0.4, -0.2) is 32.1 Å². The van der Waals surface area contributed by atoms with Crippen molar-refractivity contribution in [2.24, 2.45) is 21.6 Å². The second kappa shape index (κ2) is 4.27. The van der Waals surface area contributed by atoms with E-state index < -0.39 is 22.2 Å². The number of methoxy groups -OCH3 is 1. The Hall–Kier alpha value is -2.61. The Morgan fingerprint density at radius 3 is 2.29 bits per heavy atom. The third-order valence-corrected chi connectivity index (χ3v) is 5.81. The summed E-state index contributed by atoms with van der Waals surface area (Å²) >= 11 is 0. The number of ether oxygens (including phenoxy) is 3. The zero-order valence-corrected chi connectivity index (χ0v) is 13.4. The Morgan fingerprint density at radius 1 is 1.17 bits per heavy atom. The smallest absolute Gasteiger partial charge is 0.293 e. The molecule has 1 aromatic rings. The van der Waals surface area contributed by atoms with Crippen molar-refractivity contribution in [2.45, 2.75) is 18.2 Å². The molecular formula is C17H16N4O3. The lowest BCUT2D eigenvalue weighted by Gasteiger charge is -2.29. The van der Waals surface area contributed by atoms with Crippen molar-refractivity contribution < 1.29 is 14.2 Å². The minimum Gasteiger partial charge on any atom is -0.497 e. The molecule has 2 N–H and O–H groups in total. The average Bonchev–Trinajstić information content (AvgIpc) is 2.88. The molecule has 0 bridgehead atoms. The lowest BCUT2D eigenvalue weighted by molar-refractivity contribution is -0.187. The number of hydrogen-bond donors (Lipinski definition) is 1. The summed E-state index contributed by atoms with van der Waals surface area (Å²) in [6.07, 6.45) is 0. The first kappa shape index (κ1) is 14.9. The first-order valence-corrected chi connectivity index (χ1v) is 7.60. The summed E-state index contributed by atoms with van der Waals surface area (Å²) in [5.74, 6) is -0.738. The van der Waals surface area contributed by atoms with Gasteiger partial charge in [0.15, 0.2) is 10.8 Å². The molecule has 4 rings (SSSR count). The Kier molecular flexibility index (Phi) is 2.66. The van der Waals surface area contributed by atoms with Crippen LogP contribution >= 0.6 is 0 Å². The fraction of sp³-hybridized carbons (Fsp3) is 0.471. The number of aliphatic imine (C=N–C) groups is 1. The molecule has 0 radical (unpaired) electrons. The molecule has 2 heterocycles. The number of nitrogens with two attached hydrogens (primary N) is 1. The lowest BCUT2D eigenvalue weighted by Crippen LogP contribution is -2.42. The van der Waals surface area contributed by atoms with Crippen molar-refractivity contribution in [1.29, 1.82) is 10.5 Å².